The number of ether oxygens (including phenoxy) is 2. The van der Waals surface area contributed by atoms with Gasteiger partial charge in [-0.15, -0.1) is 0 Å². The number of aliphatic hydroxyl groups is 8. The third-order valence-corrected chi connectivity index (χ3v) is 5.04. The number of carbonyl (C=O) groups is 1. The fraction of sp³-hybridized carbons (Fsp3) is 0.944. The van der Waals surface area contributed by atoms with E-state index in [0.29, 0.717) is 32.7 Å². The minimum Gasteiger partial charge on any atom is -0.394 e. The van der Waals surface area contributed by atoms with Crippen LogP contribution in [-0.2, 0) is 14.3 Å². The Kier molecular flexibility index (Phi) is 14.3. The molecule has 15 heteroatoms. The molecule has 1 aliphatic rings. The van der Waals surface area contributed by atoms with E-state index >= 15 is 0 Å². The van der Waals surface area contributed by atoms with Gasteiger partial charge >= 0.3 is 0 Å². The molecule has 0 radical (unpaired) electrons. The lowest BCUT2D eigenvalue weighted by Gasteiger charge is -2.42. The number of hydrogen-bond acceptors (Lipinski definition) is 14. The highest BCUT2D eigenvalue weighted by Gasteiger charge is 2.47. The van der Waals surface area contributed by atoms with Crippen LogP contribution < -0.4 is 21.7 Å². The van der Waals surface area contributed by atoms with Crippen molar-refractivity contribution >= 4 is 5.91 Å². The average molecular weight is 487 g/mol. The minimum absolute atomic E-state index is 0.111. The van der Waals surface area contributed by atoms with Gasteiger partial charge in [-0.3, -0.25) is 4.79 Å². The zero-order chi connectivity index (χ0) is 25.0. The van der Waals surface area contributed by atoms with Crippen LogP contribution in [0, 0.1) is 0 Å². The second-order valence-electron chi connectivity index (χ2n) is 7.56. The van der Waals surface area contributed by atoms with Crippen LogP contribution >= 0.6 is 0 Å². The summed E-state index contributed by atoms with van der Waals surface area (Å²) < 4.78 is 10.4. The van der Waals surface area contributed by atoms with Crippen molar-refractivity contribution in [1.82, 2.24) is 16.0 Å². The van der Waals surface area contributed by atoms with Gasteiger partial charge in [0.25, 0.3) is 5.91 Å². The molecule has 9 atom stereocenters. The third-order valence-electron chi connectivity index (χ3n) is 5.04. The van der Waals surface area contributed by atoms with E-state index in [0.717, 1.165) is 0 Å². The second kappa shape index (κ2) is 15.8. The molecule has 13 N–H and O–H groups in total. The summed E-state index contributed by atoms with van der Waals surface area (Å²) in [6, 6.07) is 0. The second-order valence-corrected chi connectivity index (χ2v) is 7.56. The van der Waals surface area contributed by atoms with E-state index in [2.05, 4.69) is 16.0 Å². The number of nitrogens with two attached hydrogens (primary N) is 1. The first-order valence-corrected chi connectivity index (χ1v) is 10.7. The molecule has 1 heterocycles. The van der Waals surface area contributed by atoms with Crippen LogP contribution in [0.15, 0.2) is 0 Å². The van der Waals surface area contributed by atoms with Crippen LogP contribution in [0.25, 0.3) is 0 Å². The molecule has 15 nitrogen and oxygen atoms in total. The molecule has 0 aromatic rings. The summed E-state index contributed by atoms with van der Waals surface area (Å²) in [7, 11) is 0. The number of aliphatic hydroxyl groups excluding tert-OH is 8. The van der Waals surface area contributed by atoms with E-state index in [4.69, 9.17) is 15.2 Å². The van der Waals surface area contributed by atoms with Gasteiger partial charge in [0.1, 0.15) is 42.7 Å². The highest BCUT2D eigenvalue weighted by atomic mass is 16.7. The Morgan fingerprint density at radius 3 is 2.12 bits per heavy atom. The molecule has 0 aromatic carbocycles. The first-order valence-electron chi connectivity index (χ1n) is 10.7. The number of rotatable bonds is 16. The van der Waals surface area contributed by atoms with E-state index in [9.17, 15) is 45.6 Å². The summed E-state index contributed by atoms with van der Waals surface area (Å²) in [5.41, 5.74) is 5.35. The molecule has 0 spiro atoms. The number of hydrogen-bond donors (Lipinski definition) is 12. The normalized spacial score (nSPS) is 29.3. The van der Waals surface area contributed by atoms with E-state index in [1.807, 2.05) is 0 Å². The first kappa shape index (κ1) is 30.0. The topological polar surface area (TPSA) is 259 Å². The monoisotopic (exact) mass is 486 g/mol. The van der Waals surface area contributed by atoms with Gasteiger partial charge in [-0.1, -0.05) is 0 Å². The molecule has 1 saturated heterocycles. The van der Waals surface area contributed by atoms with Gasteiger partial charge in [0.05, 0.1) is 13.2 Å². The van der Waals surface area contributed by atoms with Crippen molar-refractivity contribution in [2.75, 3.05) is 52.5 Å². The smallest absolute Gasteiger partial charge is 0.251 e. The van der Waals surface area contributed by atoms with Crippen molar-refractivity contribution in [3.05, 3.63) is 0 Å². The summed E-state index contributed by atoms with van der Waals surface area (Å²) in [6.45, 7) is 1.25. The molecule has 0 bridgehead atoms. The molecule has 1 aliphatic heterocycles. The van der Waals surface area contributed by atoms with Crippen molar-refractivity contribution in [2.24, 2.45) is 5.73 Å². The lowest BCUT2D eigenvalue weighted by molar-refractivity contribution is -0.326. The van der Waals surface area contributed by atoms with E-state index in [1.54, 1.807) is 0 Å². The van der Waals surface area contributed by atoms with Gasteiger partial charge in [0.2, 0.25) is 0 Å². The van der Waals surface area contributed by atoms with E-state index in [1.165, 1.54) is 0 Å². The van der Waals surface area contributed by atoms with Gasteiger partial charge < -0.3 is 72.0 Å². The average Bonchev–Trinajstić information content (AvgIpc) is 2.82. The standard InChI is InChI=1S/C18H38N4O11/c19-1-2-20-3-4-21-5-6-22-17(31)14(29)13(28)16(9(25)7-23)33-18-15(30)12(27)11(26)10(8-24)32-18/h9-16,18,20-21,23-30H,1-8,19H2,(H,22,31)/t9?,10?,11-,12-,13?,14?,15?,16?,18-/m0/s1. The molecule has 0 aliphatic carbocycles. The molecule has 1 fully saturated rings. The van der Waals surface area contributed by atoms with Crippen LogP contribution in [0.1, 0.15) is 0 Å². The van der Waals surface area contributed by atoms with Gasteiger partial charge in [-0.25, -0.2) is 0 Å². The molecule has 196 valence electrons. The lowest BCUT2D eigenvalue weighted by atomic mass is 9.98. The lowest BCUT2D eigenvalue weighted by Crippen LogP contribution is -2.62. The van der Waals surface area contributed by atoms with E-state index < -0.39 is 74.2 Å². The van der Waals surface area contributed by atoms with Crippen molar-refractivity contribution in [2.45, 2.75) is 55.1 Å². The molecule has 0 saturated carbocycles. The first-order chi connectivity index (χ1) is 15.7. The third kappa shape index (κ3) is 9.25. The number of carbonyl (C=O) groups excluding carboxylic acids is 1. The Morgan fingerprint density at radius 2 is 1.55 bits per heavy atom. The minimum atomic E-state index is -2.09. The number of amides is 1. The Balaban J connectivity index is 2.63. The summed E-state index contributed by atoms with van der Waals surface area (Å²) in [5.74, 6) is -0.988. The van der Waals surface area contributed by atoms with Crippen molar-refractivity contribution in [3.63, 3.8) is 0 Å². The Hall–Kier alpha value is -1.05. The summed E-state index contributed by atoms with van der Waals surface area (Å²) in [4.78, 5) is 12.2. The maximum absolute atomic E-state index is 12.2. The molecule has 33 heavy (non-hydrogen) atoms. The van der Waals surface area contributed by atoms with Crippen molar-refractivity contribution in [3.8, 4) is 0 Å². The fourth-order valence-electron chi connectivity index (χ4n) is 3.08. The van der Waals surface area contributed by atoms with Gasteiger partial charge in [-0.05, 0) is 0 Å². The molecule has 1 rings (SSSR count). The van der Waals surface area contributed by atoms with Crippen LogP contribution in [-0.4, -0.2) is 154 Å². The summed E-state index contributed by atoms with van der Waals surface area (Å²) in [5, 5.41) is 87.3. The summed E-state index contributed by atoms with van der Waals surface area (Å²) in [6.07, 6.45) is -16.3. The highest BCUT2D eigenvalue weighted by Crippen LogP contribution is 2.25. The van der Waals surface area contributed by atoms with Gasteiger partial charge in [0.15, 0.2) is 12.4 Å². The maximum atomic E-state index is 12.2. The van der Waals surface area contributed by atoms with Gasteiger partial charge in [-0.2, -0.15) is 0 Å². The van der Waals surface area contributed by atoms with E-state index in [-0.39, 0.29) is 6.54 Å². The quantitative estimate of drug-likeness (QED) is 0.0905. The predicted molar refractivity (Wildman–Crippen MR) is 112 cm³/mol. The van der Waals surface area contributed by atoms with Crippen molar-refractivity contribution < 1.29 is 55.1 Å². The van der Waals surface area contributed by atoms with Crippen LogP contribution in [0.4, 0.5) is 0 Å². The maximum Gasteiger partial charge on any atom is 0.251 e. The van der Waals surface area contributed by atoms with Crippen LogP contribution in [0.5, 0.6) is 0 Å². The molecule has 6 unspecified atom stereocenters. The molecule has 1 amide bonds. The Morgan fingerprint density at radius 1 is 0.939 bits per heavy atom. The largest absolute Gasteiger partial charge is 0.394 e. The van der Waals surface area contributed by atoms with Crippen LogP contribution in [0.2, 0.25) is 0 Å². The zero-order valence-electron chi connectivity index (χ0n) is 18.2. The summed E-state index contributed by atoms with van der Waals surface area (Å²) >= 11 is 0. The molecular formula is C18H38N4O11. The van der Waals surface area contributed by atoms with Gasteiger partial charge in [0, 0.05) is 39.3 Å². The van der Waals surface area contributed by atoms with Crippen LogP contribution in [0.3, 0.4) is 0 Å². The zero-order valence-corrected chi connectivity index (χ0v) is 18.2. The Bertz CT molecular complexity index is 548. The molecule has 0 aromatic heterocycles. The fourth-order valence-corrected chi connectivity index (χ4v) is 3.08. The van der Waals surface area contributed by atoms with Crippen molar-refractivity contribution in [1.29, 1.82) is 0 Å². The number of nitrogens with one attached hydrogen (secondary N) is 3. The SMILES string of the molecule is NCCNCCNCCNC(=O)C(O)C(O)C(O[C@@H]1OC(CO)[C@H](O)[C@H](O)C1O)C(O)CO. The predicted octanol–water partition coefficient (Wildman–Crippen LogP) is -7.50. The molecular weight excluding hydrogens is 448 g/mol. The highest BCUT2D eigenvalue weighted by molar-refractivity contribution is 5.81. The Labute approximate surface area is 191 Å².